The predicted molar refractivity (Wildman–Crippen MR) is 99.4 cm³/mol. The van der Waals surface area contributed by atoms with Gasteiger partial charge in [-0.05, 0) is 57.9 Å². The van der Waals surface area contributed by atoms with Crippen molar-refractivity contribution < 1.29 is 22.7 Å². The van der Waals surface area contributed by atoms with Crippen LogP contribution in [-0.2, 0) is 11.0 Å². The third kappa shape index (κ3) is 5.25. The van der Waals surface area contributed by atoms with Gasteiger partial charge in [-0.2, -0.15) is 18.4 Å². The maximum atomic E-state index is 12.8. The van der Waals surface area contributed by atoms with Gasteiger partial charge in [0.1, 0.15) is 11.6 Å². The number of anilines is 1. The van der Waals surface area contributed by atoms with Crippen molar-refractivity contribution in [2.24, 2.45) is 0 Å². The van der Waals surface area contributed by atoms with Crippen LogP contribution < -0.4 is 10.1 Å². The van der Waals surface area contributed by atoms with Crippen LogP contribution in [0.15, 0.2) is 46.4 Å². The molecule has 27 heavy (non-hydrogen) atoms. The van der Waals surface area contributed by atoms with E-state index in [1.807, 2.05) is 0 Å². The lowest BCUT2D eigenvalue weighted by atomic mass is 10.1. The number of hydrogen-bond donors (Lipinski definition) is 1. The van der Waals surface area contributed by atoms with Crippen molar-refractivity contribution in [3.8, 4) is 11.8 Å². The Morgan fingerprint density at radius 2 is 2.04 bits per heavy atom. The van der Waals surface area contributed by atoms with Crippen LogP contribution in [-0.4, -0.2) is 13.0 Å². The number of carbonyl (C=O) groups excluding carboxylic acids is 1. The molecule has 0 saturated heterocycles. The van der Waals surface area contributed by atoms with Crippen molar-refractivity contribution in [1.29, 1.82) is 5.26 Å². The average Bonchev–Trinajstić information content (AvgIpc) is 2.59. The van der Waals surface area contributed by atoms with Crippen LogP contribution in [0, 0.1) is 11.3 Å². The predicted octanol–water partition coefficient (Wildman–Crippen LogP) is 5.68. The van der Waals surface area contributed by atoms with Crippen molar-refractivity contribution in [3.63, 3.8) is 0 Å². The molecule has 0 unspecified atom stereocenters. The minimum atomic E-state index is -4.54. The summed E-state index contributed by atoms with van der Waals surface area (Å²) in [5.74, 6) is -0.458. The van der Waals surface area contributed by atoms with Crippen LogP contribution in [0.3, 0.4) is 0 Å². The second kappa shape index (κ2) is 8.46. The number of hydrogen-bond acceptors (Lipinski definition) is 3. The largest absolute Gasteiger partial charge is 0.494 e. The summed E-state index contributed by atoms with van der Waals surface area (Å²) in [4.78, 5) is 12.2. The number of nitrogens with one attached hydrogen (secondary N) is 1. The molecule has 2 aromatic rings. The van der Waals surface area contributed by atoms with Crippen molar-refractivity contribution in [2.45, 2.75) is 6.18 Å². The minimum absolute atomic E-state index is 0.0788. The molecule has 4 nitrogen and oxygen atoms in total. The first-order valence-corrected chi connectivity index (χ1v) is 8.46. The van der Waals surface area contributed by atoms with Crippen LogP contribution in [0.2, 0.25) is 5.02 Å². The zero-order valence-corrected chi connectivity index (χ0v) is 16.0. The van der Waals surface area contributed by atoms with Crippen LogP contribution in [0.4, 0.5) is 18.9 Å². The molecular weight excluding hydrogens is 449 g/mol. The highest BCUT2D eigenvalue weighted by Crippen LogP contribution is 2.35. The summed E-state index contributed by atoms with van der Waals surface area (Å²) < 4.78 is 43.9. The van der Waals surface area contributed by atoms with E-state index in [9.17, 15) is 23.2 Å². The number of alkyl halides is 3. The fourth-order valence-corrected chi connectivity index (χ4v) is 3.20. The van der Waals surface area contributed by atoms with Crippen molar-refractivity contribution >= 4 is 45.2 Å². The average molecular weight is 460 g/mol. The molecule has 0 aromatic heterocycles. The second-order valence-electron chi connectivity index (χ2n) is 5.22. The Labute approximate surface area is 166 Å². The summed E-state index contributed by atoms with van der Waals surface area (Å²) in [6, 6.07) is 8.91. The molecule has 0 spiro atoms. The SMILES string of the molecule is COc1c(Cl)cc(/C=C(/C#N)C(=O)Nc2cccc(C(F)(F)F)c2)cc1Br. The number of ether oxygens (including phenoxy) is 1. The van der Waals surface area contributed by atoms with Gasteiger partial charge in [0.25, 0.3) is 5.91 Å². The number of rotatable bonds is 4. The summed E-state index contributed by atoms with van der Waals surface area (Å²) in [5, 5.41) is 11.8. The van der Waals surface area contributed by atoms with E-state index >= 15 is 0 Å². The van der Waals surface area contributed by atoms with Gasteiger partial charge in [-0.15, -0.1) is 0 Å². The molecule has 1 N–H and O–H groups in total. The molecule has 0 aliphatic rings. The van der Waals surface area contributed by atoms with E-state index < -0.39 is 17.6 Å². The van der Waals surface area contributed by atoms with Gasteiger partial charge < -0.3 is 10.1 Å². The third-order valence-corrected chi connectivity index (χ3v) is 4.22. The number of nitriles is 1. The molecule has 0 bridgehead atoms. The van der Waals surface area contributed by atoms with Crippen LogP contribution >= 0.6 is 27.5 Å². The first-order chi connectivity index (χ1) is 12.7. The van der Waals surface area contributed by atoms with E-state index in [0.717, 1.165) is 18.2 Å². The summed E-state index contributed by atoms with van der Waals surface area (Å²) in [6.07, 6.45) is -3.28. The zero-order valence-electron chi connectivity index (χ0n) is 13.7. The van der Waals surface area contributed by atoms with Crippen molar-refractivity contribution in [3.05, 3.63) is 62.6 Å². The maximum Gasteiger partial charge on any atom is 0.416 e. The number of amides is 1. The van der Waals surface area contributed by atoms with Crippen molar-refractivity contribution in [2.75, 3.05) is 12.4 Å². The Balaban J connectivity index is 2.29. The van der Waals surface area contributed by atoms with E-state index in [2.05, 4.69) is 21.2 Å². The van der Waals surface area contributed by atoms with Gasteiger partial charge >= 0.3 is 6.18 Å². The highest BCUT2D eigenvalue weighted by atomic mass is 79.9. The van der Waals surface area contributed by atoms with E-state index in [0.29, 0.717) is 15.8 Å². The molecule has 0 aliphatic heterocycles. The standard InChI is InChI=1S/C18H11BrClF3N2O2/c1-27-16-14(19)6-10(7-15(16)20)5-11(9-24)17(26)25-13-4-2-3-12(8-13)18(21,22)23/h2-8H,1H3,(H,25,26)/b11-5-. The molecule has 0 atom stereocenters. The first-order valence-electron chi connectivity index (χ1n) is 7.29. The summed E-state index contributed by atoms with van der Waals surface area (Å²) >= 11 is 9.32. The Morgan fingerprint density at radius 1 is 1.33 bits per heavy atom. The normalized spacial score (nSPS) is 11.7. The lowest BCUT2D eigenvalue weighted by Gasteiger charge is -2.10. The molecule has 140 valence electrons. The molecule has 0 saturated carbocycles. The van der Waals surface area contributed by atoms with Crippen molar-refractivity contribution in [1.82, 2.24) is 0 Å². The fourth-order valence-electron chi connectivity index (χ4n) is 2.14. The maximum absolute atomic E-state index is 12.8. The second-order valence-corrected chi connectivity index (χ2v) is 6.48. The highest BCUT2D eigenvalue weighted by Gasteiger charge is 2.30. The molecule has 9 heteroatoms. The van der Waals surface area contributed by atoms with Gasteiger partial charge in [0.05, 0.1) is 22.2 Å². The Hall–Kier alpha value is -2.50. The summed E-state index contributed by atoms with van der Waals surface area (Å²) in [6.45, 7) is 0. The molecule has 2 aromatic carbocycles. The van der Waals surface area contributed by atoms with E-state index in [-0.39, 0.29) is 16.3 Å². The quantitative estimate of drug-likeness (QED) is 0.473. The number of carbonyl (C=O) groups is 1. The first kappa shape index (κ1) is 20.8. The van der Waals surface area contributed by atoms with Crippen LogP contribution in [0.25, 0.3) is 6.08 Å². The minimum Gasteiger partial charge on any atom is -0.494 e. The number of methoxy groups -OCH3 is 1. The molecule has 0 fully saturated rings. The smallest absolute Gasteiger partial charge is 0.416 e. The van der Waals surface area contributed by atoms with E-state index in [1.165, 1.54) is 25.3 Å². The van der Waals surface area contributed by atoms with Gasteiger partial charge in [0.15, 0.2) is 5.75 Å². The molecular formula is C18H11BrClF3N2O2. The van der Waals surface area contributed by atoms with Gasteiger partial charge in [0, 0.05) is 5.69 Å². The summed E-state index contributed by atoms with van der Waals surface area (Å²) in [7, 11) is 1.44. The topological polar surface area (TPSA) is 62.1 Å². The van der Waals surface area contributed by atoms with Gasteiger partial charge in [-0.1, -0.05) is 17.7 Å². The number of benzene rings is 2. The molecule has 1 amide bonds. The molecule has 0 aliphatic carbocycles. The van der Waals surface area contributed by atoms with Gasteiger partial charge in [0.2, 0.25) is 0 Å². The van der Waals surface area contributed by atoms with E-state index in [4.69, 9.17) is 16.3 Å². The Bertz CT molecular complexity index is 929. The van der Waals surface area contributed by atoms with Crippen LogP contribution in [0.1, 0.15) is 11.1 Å². The number of halogens is 5. The molecule has 0 heterocycles. The lowest BCUT2D eigenvalue weighted by molar-refractivity contribution is -0.137. The fraction of sp³-hybridized carbons (Fsp3) is 0.111. The van der Waals surface area contributed by atoms with Crippen LogP contribution in [0.5, 0.6) is 5.75 Å². The Morgan fingerprint density at radius 3 is 2.59 bits per heavy atom. The van der Waals surface area contributed by atoms with Gasteiger partial charge in [-0.3, -0.25) is 4.79 Å². The molecule has 2 rings (SSSR count). The zero-order chi connectivity index (χ0) is 20.2. The lowest BCUT2D eigenvalue weighted by Crippen LogP contribution is -2.14. The van der Waals surface area contributed by atoms with E-state index in [1.54, 1.807) is 12.1 Å². The number of nitrogens with zero attached hydrogens (tertiary/aromatic N) is 1. The summed E-state index contributed by atoms with van der Waals surface area (Å²) in [5.41, 5.74) is -0.859. The Kier molecular flexibility index (Phi) is 6.52. The van der Waals surface area contributed by atoms with Gasteiger partial charge in [-0.25, -0.2) is 0 Å². The molecule has 0 radical (unpaired) electrons. The highest BCUT2D eigenvalue weighted by molar-refractivity contribution is 9.10. The monoisotopic (exact) mass is 458 g/mol. The third-order valence-electron chi connectivity index (χ3n) is 3.35.